The van der Waals surface area contributed by atoms with Crippen LogP contribution in [0.4, 0.5) is 0 Å². The maximum absolute atomic E-state index is 12.5. The summed E-state index contributed by atoms with van der Waals surface area (Å²) in [6.45, 7) is 0.920. The molecule has 2 aliphatic rings. The van der Waals surface area contributed by atoms with Crippen LogP contribution in [-0.2, 0) is 0 Å². The van der Waals surface area contributed by atoms with Crippen molar-refractivity contribution < 1.29 is 4.79 Å². The van der Waals surface area contributed by atoms with Crippen LogP contribution in [0.1, 0.15) is 16.9 Å². The normalized spacial score (nSPS) is 26.1. The lowest BCUT2D eigenvalue weighted by Gasteiger charge is -2.26. The topological polar surface area (TPSA) is 36.1 Å². The average molecular weight is 258 g/mol. The second-order valence-electron chi connectivity index (χ2n) is 5.07. The summed E-state index contributed by atoms with van der Waals surface area (Å²) < 4.78 is 0. The fourth-order valence-electron chi connectivity index (χ4n) is 2.99. The molecule has 0 radical (unpaired) electrons. The SMILES string of the molecule is O=C(c1cc2ccccc2[nH]1)N1CC2CC1CS2. The first-order chi connectivity index (χ1) is 8.81. The number of amides is 1. The van der Waals surface area contributed by atoms with Crippen molar-refractivity contribution in [3.63, 3.8) is 0 Å². The molecule has 1 aromatic carbocycles. The van der Waals surface area contributed by atoms with E-state index in [1.54, 1.807) is 0 Å². The van der Waals surface area contributed by atoms with Gasteiger partial charge in [-0.3, -0.25) is 4.79 Å². The van der Waals surface area contributed by atoms with Crippen LogP contribution < -0.4 is 0 Å². The van der Waals surface area contributed by atoms with E-state index in [-0.39, 0.29) is 5.91 Å². The van der Waals surface area contributed by atoms with Crippen molar-refractivity contribution in [3.8, 4) is 0 Å². The molecule has 4 rings (SSSR count). The van der Waals surface area contributed by atoms with Gasteiger partial charge in [0.05, 0.1) is 0 Å². The van der Waals surface area contributed by atoms with E-state index < -0.39 is 0 Å². The third-order valence-corrected chi connectivity index (χ3v) is 5.31. The number of rotatable bonds is 1. The highest BCUT2D eigenvalue weighted by Gasteiger charge is 2.41. The highest BCUT2D eigenvalue weighted by molar-refractivity contribution is 8.00. The molecule has 1 N–H and O–H groups in total. The van der Waals surface area contributed by atoms with Crippen molar-refractivity contribution in [1.82, 2.24) is 9.88 Å². The molecule has 1 amide bonds. The summed E-state index contributed by atoms with van der Waals surface area (Å²) in [6.07, 6.45) is 1.18. The number of nitrogens with zero attached hydrogens (tertiary/aromatic N) is 1. The van der Waals surface area contributed by atoms with E-state index in [0.717, 1.165) is 28.9 Å². The highest BCUT2D eigenvalue weighted by Crippen LogP contribution is 2.38. The summed E-state index contributed by atoms with van der Waals surface area (Å²) >= 11 is 2.01. The zero-order valence-corrected chi connectivity index (χ0v) is 10.7. The summed E-state index contributed by atoms with van der Waals surface area (Å²) in [5, 5.41) is 1.78. The van der Waals surface area contributed by atoms with Gasteiger partial charge in [-0.2, -0.15) is 11.8 Å². The molecular formula is C14H14N2OS. The Labute approximate surface area is 110 Å². The van der Waals surface area contributed by atoms with Crippen LogP contribution in [0.2, 0.25) is 0 Å². The largest absolute Gasteiger partial charge is 0.351 e. The first-order valence-electron chi connectivity index (χ1n) is 6.31. The Morgan fingerprint density at radius 3 is 3.00 bits per heavy atom. The summed E-state index contributed by atoms with van der Waals surface area (Å²) in [6, 6.07) is 10.5. The highest BCUT2D eigenvalue weighted by atomic mass is 32.2. The molecule has 2 aliphatic heterocycles. The average Bonchev–Trinajstić information content (AvgIpc) is 3.11. The number of aromatic amines is 1. The number of likely N-dealkylation sites (tertiary alicyclic amines) is 1. The summed E-state index contributed by atoms with van der Waals surface area (Å²) in [5.74, 6) is 1.27. The van der Waals surface area contributed by atoms with Gasteiger partial charge in [-0.1, -0.05) is 18.2 Å². The minimum absolute atomic E-state index is 0.166. The molecule has 2 aromatic rings. The van der Waals surface area contributed by atoms with Gasteiger partial charge in [0.15, 0.2) is 0 Å². The third kappa shape index (κ3) is 1.48. The molecule has 92 valence electrons. The number of aromatic nitrogens is 1. The van der Waals surface area contributed by atoms with Gasteiger partial charge in [-0.15, -0.1) is 0 Å². The van der Waals surface area contributed by atoms with Gasteiger partial charge in [-0.05, 0) is 18.6 Å². The van der Waals surface area contributed by atoms with Crippen LogP contribution in [0.3, 0.4) is 0 Å². The molecule has 0 aliphatic carbocycles. The van der Waals surface area contributed by atoms with Crippen molar-refractivity contribution in [2.45, 2.75) is 17.7 Å². The number of nitrogens with one attached hydrogen (secondary N) is 1. The van der Waals surface area contributed by atoms with Gasteiger partial charge in [0.2, 0.25) is 0 Å². The number of carbonyl (C=O) groups excluding carboxylic acids is 1. The molecule has 3 heterocycles. The van der Waals surface area contributed by atoms with E-state index in [0.29, 0.717) is 11.3 Å². The smallest absolute Gasteiger partial charge is 0.270 e. The van der Waals surface area contributed by atoms with E-state index in [1.165, 1.54) is 6.42 Å². The van der Waals surface area contributed by atoms with Crippen molar-refractivity contribution >= 4 is 28.6 Å². The first-order valence-corrected chi connectivity index (χ1v) is 7.36. The molecular weight excluding hydrogens is 244 g/mol. The molecule has 2 fully saturated rings. The minimum atomic E-state index is 0.166. The molecule has 2 bridgehead atoms. The van der Waals surface area contributed by atoms with Gasteiger partial charge >= 0.3 is 0 Å². The van der Waals surface area contributed by atoms with Gasteiger partial charge in [0, 0.05) is 34.5 Å². The Balaban J connectivity index is 1.68. The van der Waals surface area contributed by atoms with Gasteiger partial charge in [-0.25, -0.2) is 0 Å². The lowest BCUT2D eigenvalue weighted by Crippen LogP contribution is -2.39. The van der Waals surface area contributed by atoms with E-state index >= 15 is 0 Å². The van der Waals surface area contributed by atoms with Crippen LogP contribution in [0, 0.1) is 0 Å². The molecule has 18 heavy (non-hydrogen) atoms. The van der Waals surface area contributed by atoms with Crippen LogP contribution in [0.5, 0.6) is 0 Å². The number of fused-ring (bicyclic) bond motifs is 3. The Kier molecular flexibility index (Phi) is 2.21. The van der Waals surface area contributed by atoms with Gasteiger partial charge in [0.1, 0.15) is 5.69 Å². The lowest BCUT2D eigenvalue weighted by atomic mass is 10.2. The Morgan fingerprint density at radius 2 is 2.28 bits per heavy atom. The predicted octanol–water partition coefficient (Wildman–Crippen LogP) is 2.50. The van der Waals surface area contributed by atoms with Crippen molar-refractivity contribution in [2.24, 2.45) is 0 Å². The first kappa shape index (κ1) is 10.5. The summed E-state index contributed by atoms with van der Waals surface area (Å²) in [5.41, 5.74) is 1.77. The van der Waals surface area contributed by atoms with Crippen LogP contribution in [0.25, 0.3) is 10.9 Å². The molecule has 2 unspecified atom stereocenters. The number of thioether (sulfide) groups is 1. The maximum Gasteiger partial charge on any atom is 0.270 e. The van der Waals surface area contributed by atoms with E-state index in [9.17, 15) is 4.79 Å². The minimum Gasteiger partial charge on any atom is -0.351 e. The van der Waals surface area contributed by atoms with Crippen LogP contribution in [-0.4, -0.2) is 39.4 Å². The second kappa shape index (κ2) is 3.79. The molecule has 2 saturated heterocycles. The summed E-state index contributed by atoms with van der Waals surface area (Å²) in [4.78, 5) is 17.8. The van der Waals surface area contributed by atoms with Gasteiger partial charge < -0.3 is 9.88 Å². The zero-order chi connectivity index (χ0) is 12.1. The number of H-pyrrole nitrogens is 1. The molecule has 1 aromatic heterocycles. The Bertz CT molecular complexity index is 588. The maximum atomic E-state index is 12.5. The number of hydrogen-bond donors (Lipinski definition) is 1. The fourth-order valence-corrected chi connectivity index (χ4v) is 4.43. The Morgan fingerprint density at radius 1 is 1.39 bits per heavy atom. The molecule has 3 nitrogen and oxygen atoms in total. The number of benzene rings is 1. The molecule has 2 atom stereocenters. The number of para-hydroxylation sites is 1. The third-order valence-electron chi connectivity index (χ3n) is 3.92. The Hall–Kier alpha value is -1.42. The van der Waals surface area contributed by atoms with Crippen molar-refractivity contribution in [3.05, 3.63) is 36.0 Å². The van der Waals surface area contributed by atoms with Crippen LogP contribution >= 0.6 is 11.8 Å². The quantitative estimate of drug-likeness (QED) is 0.853. The molecule has 4 heteroatoms. The lowest BCUT2D eigenvalue weighted by molar-refractivity contribution is 0.0742. The number of carbonyl (C=O) groups is 1. The fraction of sp³-hybridized carbons (Fsp3) is 0.357. The van der Waals surface area contributed by atoms with Crippen LogP contribution in [0.15, 0.2) is 30.3 Å². The summed E-state index contributed by atoms with van der Waals surface area (Å²) in [7, 11) is 0. The zero-order valence-electron chi connectivity index (χ0n) is 9.93. The van der Waals surface area contributed by atoms with Crippen molar-refractivity contribution in [1.29, 1.82) is 0 Å². The predicted molar refractivity (Wildman–Crippen MR) is 74.0 cm³/mol. The van der Waals surface area contributed by atoms with E-state index in [2.05, 4.69) is 4.98 Å². The monoisotopic (exact) mass is 258 g/mol. The van der Waals surface area contributed by atoms with E-state index in [1.807, 2.05) is 47.0 Å². The van der Waals surface area contributed by atoms with Gasteiger partial charge in [0.25, 0.3) is 5.91 Å². The van der Waals surface area contributed by atoms with Crippen molar-refractivity contribution in [2.75, 3.05) is 12.3 Å². The molecule has 0 spiro atoms. The second-order valence-corrected chi connectivity index (χ2v) is 6.41. The standard InChI is InChI=1S/C14H14N2OS/c17-14(16-7-11-6-10(16)8-18-11)13-5-9-3-1-2-4-12(9)15-13/h1-5,10-11,15H,6-8H2. The van der Waals surface area contributed by atoms with E-state index in [4.69, 9.17) is 0 Å². The molecule has 0 saturated carbocycles. The number of hydrogen-bond acceptors (Lipinski definition) is 2.